The summed E-state index contributed by atoms with van der Waals surface area (Å²) in [6.07, 6.45) is 20.8. The van der Waals surface area contributed by atoms with E-state index in [1.54, 1.807) is 6.92 Å². The molecule has 0 radical (unpaired) electrons. The molecule has 4 nitrogen and oxygen atoms in total. The van der Waals surface area contributed by atoms with Crippen LogP contribution in [-0.4, -0.2) is 50.9 Å². The van der Waals surface area contributed by atoms with Crippen molar-refractivity contribution in [1.29, 1.82) is 0 Å². The van der Waals surface area contributed by atoms with Crippen molar-refractivity contribution in [2.75, 3.05) is 33.4 Å². The van der Waals surface area contributed by atoms with Gasteiger partial charge in [-0.25, -0.2) is 8.42 Å². The summed E-state index contributed by atoms with van der Waals surface area (Å²) in [5.74, 6) is -0.243. The van der Waals surface area contributed by atoms with E-state index in [0.29, 0.717) is 6.42 Å². The average Bonchev–Trinajstić information content (AvgIpc) is 2.53. The molecule has 0 aliphatic rings. The molecule has 0 aromatic rings. The van der Waals surface area contributed by atoms with Crippen LogP contribution in [-0.2, 0) is 10.1 Å². The van der Waals surface area contributed by atoms with E-state index in [1.165, 1.54) is 96.4 Å². The van der Waals surface area contributed by atoms with Crippen LogP contribution >= 0.6 is 0 Å². The van der Waals surface area contributed by atoms with Gasteiger partial charge < -0.3 is 9.04 Å². The number of rotatable bonds is 17. The van der Waals surface area contributed by atoms with E-state index >= 15 is 0 Å². The molecule has 0 bridgehead atoms. The Hall–Kier alpha value is -0.130. The van der Waals surface area contributed by atoms with Crippen LogP contribution in [0, 0.1) is 0 Å². The van der Waals surface area contributed by atoms with E-state index in [2.05, 4.69) is 28.1 Å². The Balaban J connectivity index is 0. The molecular formula is C22H49NO3S. The van der Waals surface area contributed by atoms with E-state index in [9.17, 15) is 13.0 Å². The number of hydrogen-bond acceptors (Lipinski definition) is 3. The molecule has 0 aliphatic carbocycles. The van der Waals surface area contributed by atoms with Gasteiger partial charge in [-0.2, -0.15) is 0 Å². The lowest BCUT2D eigenvalue weighted by Gasteiger charge is -2.23. The summed E-state index contributed by atoms with van der Waals surface area (Å²) in [4.78, 5) is 0. The molecule has 166 valence electrons. The highest BCUT2D eigenvalue weighted by molar-refractivity contribution is 7.85. The van der Waals surface area contributed by atoms with E-state index in [0.717, 1.165) is 4.48 Å². The zero-order valence-corrected chi connectivity index (χ0v) is 19.9. The summed E-state index contributed by atoms with van der Waals surface area (Å²) in [7, 11) is 2.96. The Labute approximate surface area is 171 Å². The van der Waals surface area contributed by atoms with E-state index in [4.69, 9.17) is 0 Å². The summed E-state index contributed by atoms with van der Waals surface area (Å²) in [6.45, 7) is 5.27. The van der Waals surface area contributed by atoms with Gasteiger partial charge in [0.15, 0.2) is 0 Å². The lowest BCUT2D eigenvalue weighted by Crippen LogP contribution is -2.35. The predicted octanol–water partition coefficient (Wildman–Crippen LogP) is 6.12. The first-order valence-electron chi connectivity index (χ1n) is 11.4. The minimum atomic E-state index is -3.92. The molecule has 0 fully saturated rings. The van der Waals surface area contributed by atoms with Gasteiger partial charge in [0, 0.05) is 5.75 Å². The van der Waals surface area contributed by atoms with Crippen molar-refractivity contribution in [3.05, 3.63) is 0 Å². The third-order valence-electron chi connectivity index (χ3n) is 4.64. The third-order valence-corrected chi connectivity index (χ3v) is 5.54. The molecule has 0 saturated carbocycles. The number of quaternary nitrogens is 1. The molecule has 0 aromatic heterocycles. The van der Waals surface area contributed by atoms with Crippen molar-refractivity contribution >= 4 is 10.1 Å². The smallest absolute Gasteiger partial charge is 0.0945 e. The standard InChI is InChI=1S/C19H42N.C3H8O3S/c1-5-6-7-8-9-10-11-12-13-14-15-16-17-18-19-20(2,3)4;1-2-3-7(4,5)6/h5-19H2,1-4H3;2-3H2,1H3,(H,4,5,6)/q+1;/p-1. The second-order valence-electron chi connectivity index (χ2n) is 8.87. The molecule has 0 heterocycles. The fraction of sp³-hybridized carbons (Fsp3) is 1.00. The molecule has 0 amide bonds. The lowest BCUT2D eigenvalue weighted by molar-refractivity contribution is -0.870. The second-order valence-corrected chi connectivity index (χ2v) is 10.4. The molecule has 0 N–H and O–H groups in total. The molecule has 0 aromatic carbocycles. The minimum Gasteiger partial charge on any atom is -0.748 e. The normalized spacial score (nSPS) is 11.9. The minimum absolute atomic E-state index is 0.243. The van der Waals surface area contributed by atoms with Gasteiger partial charge in [-0.1, -0.05) is 90.9 Å². The summed E-state index contributed by atoms with van der Waals surface area (Å²) in [5.41, 5.74) is 0. The Morgan fingerprint density at radius 1 is 0.593 bits per heavy atom. The molecular weight excluding hydrogens is 358 g/mol. The first-order valence-corrected chi connectivity index (χ1v) is 12.9. The van der Waals surface area contributed by atoms with Gasteiger partial charge in [0.2, 0.25) is 0 Å². The Kier molecular flexibility index (Phi) is 20.7. The lowest BCUT2D eigenvalue weighted by atomic mass is 10.0. The highest BCUT2D eigenvalue weighted by Gasteiger charge is 2.04. The maximum atomic E-state index is 9.68. The van der Waals surface area contributed by atoms with E-state index < -0.39 is 10.1 Å². The summed E-state index contributed by atoms with van der Waals surface area (Å²) >= 11 is 0. The number of nitrogens with zero attached hydrogens (tertiary/aromatic N) is 1. The van der Waals surface area contributed by atoms with Gasteiger partial charge in [0.25, 0.3) is 0 Å². The average molecular weight is 408 g/mol. The summed E-state index contributed by atoms with van der Waals surface area (Å²) in [5, 5.41) is 0. The van der Waals surface area contributed by atoms with Crippen molar-refractivity contribution in [3.8, 4) is 0 Å². The fourth-order valence-corrected chi connectivity index (χ4v) is 3.53. The molecule has 0 rings (SSSR count). The SMILES string of the molecule is CCCCCCCCCCCCCCCC[N+](C)(C)C.CCCS(=O)(=O)[O-]. The Morgan fingerprint density at radius 3 is 1.15 bits per heavy atom. The molecule has 0 atom stereocenters. The summed E-state index contributed by atoms with van der Waals surface area (Å²) < 4.78 is 30.2. The monoisotopic (exact) mass is 407 g/mol. The van der Waals surface area contributed by atoms with Crippen molar-refractivity contribution in [1.82, 2.24) is 0 Å². The number of hydrogen-bond donors (Lipinski definition) is 0. The molecule has 0 unspecified atom stereocenters. The topological polar surface area (TPSA) is 57.2 Å². The zero-order valence-electron chi connectivity index (χ0n) is 19.1. The molecule has 0 saturated heterocycles. The molecule has 5 heteroatoms. The second kappa shape index (κ2) is 19.2. The largest absolute Gasteiger partial charge is 0.748 e. The highest BCUT2D eigenvalue weighted by Crippen LogP contribution is 2.13. The zero-order chi connectivity index (χ0) is 21.0. The Morgan fingerprint density at radius 2 is 0.926 bits per heavy atom. The van der Waals surface area contributed by atoms with Crippen LogP contribution < -0.4 is 0 Å². The van der Waals surface area contributed by atoms with Crippen LogP contribution in [0.1, 0.15) is 110 Å². The predicted molar refractivity (Wildman–Crippen MR) is 118 cm³/mol. The van der Waals surface area contributed by atoms with Gasteiger partial charge in [-0.05, 0) is 19.3 Å². The van der Waals surface area contributed by atoms with Gasteiger partial charge in [-0.3, -0.25) is 0 Å². The third kappa shape index (κ3) is 33.8. The van der Waals surface area contributed by atoms with Gasteiger partial charge in [0.05, 0.1) is 37.8 Å². The molecule has 27 heavy (non-hydrogen) atoms. The van der Waals surface area contributed by atoms with E-state index in [-0.39, 0.29) is 5.75 Å². The van der Waals surface area contributed by atoms with Crippen molar-refractivity contribution < 1.29 is 17.5 Å². The van der Waals surface area contributed by atoms with Crippen molar-refractivity contribution in [3.63, 3.8) is 0 Å². The number of unbranched alkanes of at least 4 members (excludes halogenated alkanes) is 13. The fourth-order valence-electron chi connectivity index (χ4n) is 3.03. The molecule has 0 aliphatic heterocycles. The quantitative estimate of drug-likeness (QED) is 0.166. The first kappa shape index (κ1) is 29.1. The van der Waals surface area contributed by atoms with Crippen molar-refractivity contribution in [2.45, 2.75) is 110 Å². The van der Waals surface area contributed by atoms with Crippen LogP contribution in [0.15, 0.2) is 0 Å². The highest BCUT2D eigenvalue weighted by atomic mass is 32.2. The van der Waals surface area contributed by atoms with Crippen LogP contribution in [0.25, 0.3) is 0 Å². The van der Waals surface area contributed by atoms with Crippen molar-refractivity contribution in [2.24, 2.45) is 0 Å². The summed E-state index contributed by atoms with van der Waals surface area (Å²) in [6, 6.07) is 0. The van der Waals surface area contributed by atoms with Crippen LogP contribution in [0.3, 0.4) is 0 Å². The van der Waals surface area contributed by atoms with Gasteiger partial charge in [-0.15, -0.1) is 0 Å². The van der Waals surface area contributed by atoms with Gasteiger partial charge in [0.1, 0.15) is 0 Å². The maximum Gasteiger partial charge on any atom is 0.0945 e. The maximum absolute atomic E-state index is 9.68. The van der Waals surface area contributed by atoms with Crippen LogP contribution in [0.2, 0.25) is 0 Å². The van der Waals surface area contributed by atoms with Crippen LogP contribution in [0.5, 0.6) is 0 Å². The van der Waals surface area contributed by atoms with Crippen LogP contribution in [0.4, 0.5) is 0 Å². The first-order chi connectivity index (χ1) is 12.6. The van der Waals surface area contributed by atoms with Gasteiger partial charge >= 0.3 is 0 Å². The van der Waals surface area contributed by atoms with E-state index in [1.807, 2.05) is 0 Å². The Bertz CT molecular complexity index is 389. The molecule has 0 spiro atoms.